The van der Waals surface area contributed by atoms with Gasteiger partial charge in [0.2, 0.25) is 5.89 Å². The van der Waals surface area contributed by atoms with Gasteiger partial charge in [-0.05, 0) is 79.1 Å². The Hall–Kier alpha value is -3.60. The van der Waals surface area contributed by atoms with Crippen LogP contribution in [0.3, 0.4) is 0 Å². The van der Waals surface area contributed by atoms with Crippen LogP contribution in [0.5, 0.6) is 5.75 Å². The second kappa shape index (κ2) is 7.80. The first-order valence-corrected chi connectivity index (χ1v) is 9.43. The number of rotatable bonds is 5. The average molecular weight is 386 g/mol. The molecule has 4 rings (SSSR count). The topological polar surface area (TPSA) is 64.4 Å². The minimum absolute atomic E-state index is 0.124. The Kier molecular flexibility index (Phi) is 5.04. The highest BCUT2D eigenvalue weighted by Gasteiger charge is 2.10. The fraction of sp³-hybridized carbons (Fsp3) is 0.167. The van der Waals surface area contributed by atoms with E-state index in [1.807, 2.05) is 36.4 Å². The first-order valence-electron chi connectivity index (χ1n) is 9.43. The van der Waals surface area contributed by atoms with E-state index in [2.05, 4.69) is 24.1 Å². The van der Waals surface area contributed by atoms with Gasteiger partial charge in [-0.25, -0.2) is 4.98 Å². The second-order valence-corrected chi connectivity index (χ2v) is 7.03. The molecule has 4 aromatic rings. The fourth-order valence-corrected chi connectivity index (χ4v) is 3.10. The number of oxazole rings is 1. The lowest BCUT2D eigenvalue weighted by atomic mass is 10.1. The van der Waals surface area contributed by atoms with Crippen LogP contribution in [-0.4, -0.2) is 18.0 Å². The van der Waals surface area contributed by atoms with Crippen LogP contribution in [0.2, 0.25) is 0 Å². The van der Waals surface area contributed by atoms with Gasteiger partial charge >= 0.3 is 0 Å². The van der Waals surface area contributed by atoms with Crippen molar-refractivity contribution in [2.45, 2.75) is 20.4 Å². The number of carbonyl (C=O) groups excluding carboxylic acids is 1. The number of hydrogen-bond donors (Lipinski definition) is 1. The van der Waals surface area contributed by atoms with Crippen LogP contribution >= 0.6 is 0 Å². The van der Waals surface area contributed by atoms with Gasteiger partial charge in [0.15, 0.2) is 5.58 Å². The number of carbonyl (C=O) groups is 1. The van der Waals surface area contributed by atoms with Crippen molar-refractivity contribution in [3.05, 3.63) is 82.9 Å². The smallest absolute Gasteiger partial charge is 0.251 e. The van der Waals surface area contributed by atoms with E-state index in [0.29, 0.717) is 18.0 Å². The van der Waals surface area contributed by atoms with Gasteiger partial charge in [-0.1, -0.05) is 12.1 Å². The summed E-state index contributed by atoms with van der Waals surface area (Å²) < 4.78 is 11.0. The van der Waals surface area contributed by atoms with Gasteiger partial charge < -0.3 is 14.5 Å². The summed E-state index contributed by atoms with van der Waals surface area (Å²) in [6.45, 7) is 4.57. The number of nitrogens with one attached hydrogen (secondary N) is 1. The zero-order chi connectivity index (χ0) is 20.4. The van der Waals surface area contributed by atoms with Crippen LogP contribution in [0.15, 0.2) is 65.1 Å². The lowest BCUT2D eigenvalue weighted by Gasteiger charge is -2.07. The van der Waals surface area contributed by atoms with E-state index in [4.69, 9.17) is 9.15 Å². The van der Waals surface area contributed by atoms with Crippen molar-refractivity contribution in [3.63, 3.8) is 0 Å². The summed E-state index contributed by atoms with van der Waals surface area (Å²) in [6, 6.07) is 18.9. The molecule has 5 nitrogen and oxygen atoms in total. The molecule has 1 N–H and O–H groups in total. The molecule has 0 aliphatic rings. The van der Waals surface area contributed by atoms with E-state index in [1.54, 1.807) is 31.4 Å². The van der Waals surface area contributed by atoms with Crippen LogP contribution in [0.4, 0.5) is 0 Å². The SMILES string of the molecule is COc1ccc(C(=O)NCc2ccc(-c3nc4cc(C)c(C)cc4o3)cc2)cc1. The molecule has 146 valence electrons. The van der Waals surface area contributed by atoms with Crippen LogP contribution in [0.1, 0.15) is 27.0 Å². The first kappa shape index (κ1) is 18.7. The maximum absolute atomic E-state index is 12.3. The van der Waals surface area contributed by atoms with Gasteiger partial charge in [0, 0.05) is 17.7 Å². The second-order valence-electron chi connectivity index (χ2n) is 7.03. The standard InChI is InChI=1S/C24H22N2O3/c1-15-12-21-22(13-16(15)2)29-24(26-21)19-6-4-17(5-7-19)14-25-23(27)18-8-10-20(28-3)11-9-18/h4-13H,14H2,1-3H3,(H,25,27). The fourth-order valence-electron chi connectivity index (χ4n) is 3.10. The third-order valence-corrected chi connectivity index (χ3v) is 5.01. The summed E-state index contributed by atoms with van der Waals surface area (Å²) in [7, 11) is 1.60. The zero-order valence-electron chi connectivity index (χ0n) is 16.7. The molecule has 0 aliphatic carbocycles. The highest BCUT2D eigenvalue weighted by Crippen LogP contribution is 2.26. The number of ether oxygens (including phenoxy) is 1. The van der Waals surface area contributed by atoms with Crippen molar-refractivity contribution in [3.8, 4) is 17.2 Å². The van der Waals surface area contributed by atoms with Gasteiger partial charge in [-0.3, -0.25) is 4.79 Å². The number of fused-ring (bicyclic) bond motifs is 1. The molecule has 0 bridgehead atoms. The zero-order valence-corrected chi connectivity index (χ0v) is 16.7. The van der Waals surface area contributed by atoms with E-state index >= 15 is 0 Å². The number of aryl methyl sites for hydroxylation is 2. The maximum atomic E-state index is 12.3. The predicted octanol–water partition coefficient (Wildman–Crippen LogP) is 5.05. The van der Waals surface area contributed by atoms with Crippen LogP contribution in [-0.2, 0) is 6.54 Å². The Balaban J connectivity index is 1.44. The van der Waals surface area contributed by atoms with Gasteiger partial charge in [-0.2, -0.15) is 0 Å². The van der Waals surface area contributed by atoms with E-state index in [1.165, 1.54) is 11.1 Å². The molecular weight excluding hydrogens is 364 g/mol. The molecule has 1 amide bonds. The molecule has 0 fully saturated rings. The molecule has 3 aromatic carbocycles. The van der Waals surface area contributed by atoms with Crippen LogP contribution in [0, 0.1) is 13.8 Å². The summed E-state index contributed by atoms with van der Waals surface area (Å²) in [5, 5.41) is 2.93. The Morgan fingerprint density at radius 1 is 1.00 bits per heavy atom. The Morgan fingerprint density at radius 3 is 2.38 bits per heavy atom. The number of hydrogen-bond acceptors (Lipinski definition) is 4. The molecule has 0 radical (unpaired) electrons. The third-order valence-electron chi connectivity index (χ3n) is 5.01. The molecule has 1 aromatic heterocycles. The molecular formula is C24H22N2O3. The van der Waals surface area contributed by atoms with E-state index in [-0.39, 0.29) is 5.91 Å². The van der Waals surface area contributed by atoms with Crippen molar-refractivity contribution in [1.29, 1.82) is 0 Å². The average Bonchev–Trinajstić information content (AvgIpc) is 3.15. The largest absolute Gasteiger partial charge is 0.497 e. The molecule has 0 unspecified atom stereocenters. The Labute approximate surface area is 169 Å². The van der Waals surface area contributed by atoms with Crippen molar-refractivity contribution in [2.75, 3.05) is 7.11 Å². The number of benzene rings is 3. The van der Waals surface area contributed by atoms with Crippen LogP contribution < -0.4 is 10.1 Å². The maximum Gasteiger partial charge on any atom is 0.251 e. The highest BCUT2D eigenvalue weighted by molar-refractivity contribution is 5.94. The summed E-state index contributed by atoms with van der Waals surface area (Å²) >= 11 is 0. The number of nitrogens with zero attached hydrogens (tertiary/aromatic N) is 1. The summed E-state index contributed by atoms with van der Waals surface area (Å²) in [6.07, 6.45) is 0. The molecule has 0 saturated carbocycles. The minimum atomic E-state index is -0.124. The molecule has 1 heterocycles. The van der Waals surface area contributed by atoms with Gasteiger partial charge in [0.1, 0.15) is 11.3 Å². The summed E-state index contributed by atoms with van der Waals surface area (Å²) in [5.74, 6) is 1.20. The molecule has 0 aliphatic heterocycles. The predicted molar refractivity (Wildman–Crippen MR) is 113 cm³/mol. The number of methoxy groups -OCH3 is 1. The van der Waals surface area contributed by atoms with Crippen LogP contribution in [0.25, 0.3) is 22.6 Å². The highest BCUT2D eigenvalue weighted by atomic mass is 16.5. The van der Waals surface area contributed by atoms with Crippen molar-refractivity contribution in [1.82, 2.24) is 10.3 Å². The van der Waals surface area contributed by atoms with E-state index in [0.717, 1.165) is 28.0 Å². The molecule has 0 spiro atoms. The summed E-state index contributed by atoms with van der Waals surface area (Å²) in [4.78, 5) is 16.9. The molecule has 0 atom stereocenters. The Bertz CT molecular complexity index is 1120. The van der Waals surface area contributed by atoms with Gasteiger partial charge in [0.25, 0.3) is 5.91 Å². The van der Waals surface area contributed by atoms with E-state index in [9.17, 15) is 4.79 Å². The third kappa shape index (κ3) is 3.99. The molecule has 29 heavy (non-hydrogen) atoms. The van der Waals surface area contributed by atoms with Crippen molar-refractivity contribution >= 4 is 17.0 Å². The first-order chi connectivity index (χ1) is 14.0. The molecule has 0 saturated heterocycles. The monoisotopic (exact) mass is 386 g/mol. The number of amides is 1. The number of aromatic nitrogens is 1. The Morgan fingerprint density at radius 2 is 1.69 bits per heavy atom. The normalized spacial score (nSPS) is 10.9. The summed E-state index contributed by atoms with van der Waals surface area (Å²) in [5.41, 5.74) is 6.53. The van der Waals surface area contributed by atoms with Gasteiger partial charge in [0.05, 0.1) is 7.11 Å². The van der Waals surface area contributed by atoms with Gasteiger partial charge in [-0.15, -0.1) is 0 Å². The minimum Gasteiger partial charge on any atom is -0.497 e. The van der Waals surface area contributed by atoms with Crippen molar-refractivity contribution < 1.29 is 13.9 Å². The molecule has 5 heteroatoms. The van der Waals surface area contributed by atoms with E-state index < -0.39 is 0 Å². The lowest BCUT2D eigenvalue weighted by molar-refractivity contribution is 0.0951. The van der Waals surface area contributed by atoms with Crippen molar-refractivity contribution in [2.24, 2.45) is 0 Å². The quantitative estimate of drug-likeness (QED) is 0.521. The lowest BCUT2D eigenvalue weighted by Crippen LogP contribution is -2.22.